The smallest absolute Gasteiger partial charge is 0.311 e. The van der Waals surface area contributed by atoms with Crippen molar-refractivity contribution >= 4 is 21.9 Å². The van der Waals surface area contributed by atoms with Gasteiger partial charge in [0.15, 0.2) is 11.5 Å². The van der Waals surface area contributed by atoms with Gasteiger partial charge >= 0.3 is 5.97 Å². The maximum Gasteiger partial charge on any atom is 0.311 e. The van der Waals surface area contributed by atoms with Crippen LogP contribution in [0.3, 0.4) is 0 Å². The van der Waals surface area contributed by atoms with E-state index in [4.69, 9.17) is 14.7 Å². The highest BCUT2D eigenvalue weighted by Crippen LogP contribution is 2.37. The number of benzene rings is 2. The normalized spacial score (nSPS) is 10.1. The van der Waals surface area contributed by atoms with Gasteiger partial charge in [-0.25, -0.2) is 4.39 Å². The summed E-state index contributed by atoms with van der Waals surface area (Å²) in [5.41, 5.74) is 1.24. The fourth-order valence-electron chi connectivity index (χ4n) is 2.06. The minimum Gasteiger partial charge on any atom is -0.490 e. The number of carbonyl (C=O) groups excluding carboxylic acids is 1. The maximum absolute atomic E-state index is 12.9. The highest BCUT2D eigenvalue weighted by Gasteiger charge is 2.16. The minimum absolute atomic E-state index is 0.142. The zero-order chi connectivity index (χ0) is 17.5. The molecule has 2 aromatic rings. The third-order valence-corrected chi connectivity index (χ3v) is 3.77. The molecule has 0 aliphatic heterocycles. The van der Waals surface area contributed by atoms with Crippen molar-refractivity contribution in [2.24, 2.45) is 0 Å². The fourth-order valence-corrected chi connectivity index (χ4v) is 2.58. The number of nitriles is 1. The fraction of sp³-hybridized carbons (Fsp3) is 0.222. The lowest BCUT2D eigenvalue weighted by molar-refractivity contribution is -0.134. The van der Waals surface area contributed by atoms with Crippen LogP contribution in [0.2, 0.25) is 0 Å². The molecule has 0 aliphatic carbocycles. The van der Waals surface area contributed by atoms with Crippen LogP contribution in [0.25, 0.3) is 0 Å². The highest BCUT2D eigenvalue weighted by atomic mass is 79.9. The lowest BCUT2D eigenvalue weighted by Gasteiger charge is -2.13. The Bertz CT molecular complexity index is 769. The van der Waals surface area contributed by atoms with Gasteiger partial charge in [0, 0.05) is 12.5 Å². The van der Waals surface area contributed by atoms with E-state index in [-0.39, 0.29) is 18.0 Å². The highest BCUT2D eigenvalue weighted by molar-refractivity contribution is 9.10. The Kier molecular flexibility index (Phi) is 6.33. The molecule has 0 saturated heterocycles. The molecule has 4 nitrogen and oxygen atoms in total. The molecule has 124 valence electrons. The summed E-state index contributed by atoms with van der Waals surface area (Å²) < 4.78 is 24.2. The molecule has 0 heterocycles. The monoisotopic (exact) mass is 391 g/mol. The van der Waals surface area contributed by atoms with E-state index in [0.29, 0.717) is 28.8 Å². The third-order valence-electron chi connectivity index (χ3n) is 3.19. The zero-order valence-corrected chi connectivity index (χ0v) is 14.6. The molecule has 0 bridgehead atoms. The van der Waals surface area contributed by atoms with Gasteiger partial charge in [0.1, 0.15) is 5.82 Å². The number of halogens is 2. The van der Waals surface area contributed by atoms with Gasteiger partial charge in [0.2, 0.25) is 0 Å². The summed E-state index contributed by atoms with van der Waals surface area (Å²) in [4.78, 5) is 12.1. The molecule has 0 radical (unpaired) electrons. The summed E-state index contributed by atoms with van der Waals surface area (Å²) in [5, 5.41) is 9.00. The largest absolute Gasteiger partial charge is 0.490 e. The van der Waals surface area contributed by atoms with Crippen LogP contribution in [0.1, 0.15) is 24.5 Å². The van der Waals surface area contributed by atoms with Gasteiger partial charge in [-0.3, -0.25) is 4.79 Å². The molecule has 0 N–H and O–H groups in total. The predicted molar refractivity (Wildman–Crippen MR) is 90.4 cm³/mol. The van der Waals surface area contributed by atoms with Crippen molar-refractivity contribution in [1.29, 1.82) is 5.26 Å². The van der Waals surface area contributed by atoms with E-state index in [2.05, 4.69) is 15.9 Å². The van der Waals surface area contributed by atoms with Crippen molar-refractivity contribution < 1.29 is 18.7 Å². The first kappa shape index (κ1) is 18.0. The molecule has 0 fully saturated rings. The first-order valence-corrected chi connectivity index (χ1v) is 8.14. The second kappa shape index (κ2) is 8.46. The van der Waals surface area contributed by atoms with Gasteiger partial charge < -0.3 is 9.47 Å². The SMILES string of the molecule is CCOc1cc(C#N)cc(Br)c1OC(=O)CCc1ccc(F)cc1. The van der Waals surface area contributed by atoms with Gasteiger partial charge in [-0.15, -0.1) is 0 Å². The Balaban J connectivity index is 2.07. The zero-order valence-electron chi connectivity index (χ0n) is 13.0. The van der Waals surface area contributed by atoms with E-state index in [1.165, 1.54) is 18.2 Å². The average Bonchev–Trinajstić information content (AvgIpc) is 2.57. The Morgan fingerprint density at radius 2 is 2.00 bits per heavy atom. The number of aryl methyl sites for hydroxylation is 1. The summed E-state index contributed by atoms with van der Waals surface area (Å²) in [5.74, 6) is -0.173. The first-order valence-electron chi connectivity index (χ1n) is 7.35. The van der Waals surface area contributed by atoms with Crippen molar-refractivity contribution in [2.75, 3.05) is 6.61 Å². The van der Waals surface area contributed by atoms with Crippen LogP contribution in [0.5, 0.6) is 11.5 Å². The minimum atomic E-state index is -0.439. The molecule has 0 amide bonds. The molecule has 24 heavy (non-hydrogen) atoms. The molecule has 0 unspecified atom stereocenters. The van der Waals surface area contributed by atoms with Crippen LogP contribution in [-0.2, 0) is 11.2 Å². The predicted octanol–water partition coefficient (Wildman–Crippen LogP) is 4.40. The Morgan fingerprint density at radius 3 is 2.62 bits per heavy atom. The molecule has 2 aromatic carbocycles. The van der Waals surface area contributed by atoms with Crippen molar-refractivity contribution in [1.82, 2.24) is 0 Å². The van der Waals surface area contributed by atoms with Gasteiger partial charge in [-0.05, 0) is 53.0 Å². The van der Waals surface area contributed by atoms with E-state index < -0.39 is 5.97 Å². The third kappa shape index (κ3) is 4.80. The summed E-state index contributed by atoms with van der Waals surface area (Å²) >= 11 is 3.29. The summed E-state index contributed by atoms with van der Waals surface area (Å²) in [6, 6.07) is 11.1. The van der Waals surface area contributed by atoms with Gasteiger partial charge in [0.25, 0.3) is 0 Å². The summed E-state index contributed by atoms with van der Waals surface area (Å²) in [6.45, 7) is 2.18. The summed E-state index contributed by atoms with van der Waals surface area (Å²) in [6.07, 6.45) is 0.584. The molecular weight excluding hydrogens is 377 g/mol. The van der Waals surface area contributed by atoms with Crippen LogP contribution >= 0.6 is 15.9 Å². The Hall–Kier alpha value is -2.39. The van der Waals surface area contributed by atoms with Crippen LogP contribution in [0.15, 0.2) is 40.9 Å². The molecule has 0 atom stereocenters. The second-order valence-corrected chi connectivity index (χ2v) is 5.79. The van der Waals surface area contributed by atoms with E-state index >= 15 is 0 Å². The van der Waals surface area contributed by atoms with E-state index in [1.807, 2.05) is 6.07 Å². The number of nitrogens with zero attached hydrogens (tertiary/aromatic N) is 1. The van der Waals surface area contributed by atoms with Crippen molar-refractivity contribution in [3.8, 4) is 17.6 Å². The van der Waals surface area contributed by atoms with Crippen molar-refractivity contribution in [3.63, 3.8) is 0 Å². The van der Waals surface area contributed by atoms with Gasteiger partial charge in [-0.2, -0.15) is 5.26 Å². The summed E-state index contributed by atoms with van der Waals surface area (Å²) in [7, 11) is 0. The number of ether oxygens (including phenoxy) is 2. The van der Waals surface area contributed by atoms with Crippen LogP contribution in [0, 0.1) is 17.1 Å². The molecule has 2 rings (SSSR count). The molecule has 0 aliphatic rings. The van der Waals surface area contributed by atoms with E-state index in [9.17, 15) is 9.18 Å². The van der Waals surface area contributed by atoms with Gasteiger partial charge in [0.05, 0.1) is 22.7 Å². The second-order valence-electron chi connectivity index (χ2n) is 4.93. The molecular formula is C18H15BrFNO3. The van der Waals surface area contributed by atoms with Crippen LogP contribution < -0.4 is 9.47 Å². The molecule has 6 heteroatoms. The molecule has 0 saturated carbocycles. The first-order chi connectivity index (χ1) is 11.5. The average molecular weight is 392 g/mol. The number of rotatable bonds is 6. The van der Waals surface area contributed by atoms with E-state index in [1.54, 1.807) is 25.1 Å². The van der Waals surface area contributed by atoms with Crippen LogP contribution in [0.4, 0.5) is 4.39 Å². The number of hydrogen-bond donors (Lipinski definition) is 0. The Morgan fingerprint density at radius 1 is 1.29 bits per heavy atom. The number of carbonyl (C=O) groups is 1. The van der Waals surface area contributed by atoms with Crippen molar-refractivity contribution in [2.45, 2.75) is 19.8 Å². The lowest BCUT2D eigenvalue weighted by Crippen LogP contribution is -2.11. The van der Waals surface area contributed by atoms with Gasteiger partial charge in [-0.1, -0.05) is 12.1 Å². The standard InChI is InChI=1S/C18H15BrFNO3/c1-2-23-16-10-13(11-21)9-15(19)18(16)24-17(22)8-5-12-3-6-14(20)7-4-12/h3-4,6-7,9-10H,2,5,8H2,1H3. The van der Waals surface area contributed by atoms with E-state index in [0.717, 1.165) is 5.56 Å². The lowest BCUT2D eigenvalue weighted by atomic mass is 10.1. The molecule has 0 spiro atoms. The van der Waals surface area contributed by atoms with Crippen molar-refractivity contribution in [3.05, 3.63) is 57.8 Å². The van der Waals surface area contributed by atoms with Crippen LogP contribution in [-0.4, -0.2) is 12.6 Å². The quantitative estimate of drug-likeness (QED) is 0.540. The molecule has 0 aromatic heterocycles. The maximum atomic E-state index is 12.9. The topological polar surface area (TPSA) is 59.3 Å². The Labute approximate surface area is 147 Å². The number of hydrogen-bond acceptors (Lipinski definition) is 4. The number of esters is 1.